The minimum atomic E-state index is -0.307. The van der Waals surface area contributed by atoms with Crippen molar-refractivity contribution >= 4 is 11.9 Å². The third kappa shape index (κ3) is 4.71. The molecule has 6 nitrogen and oxygen atoms in total. The monoisotopic (exact) mass is 332 g/mol. The molecule has 1 aliphatic rings. The van der Waals surface area contributed by atoms with Gasteiger partial charge in [-0.3, -0.25) is 9.79 Å². The fraction of sp³-hybridized carbons (Fsp3) is 0.556. The van der Waals surface area contributed by atoms with Crippen LogP contribution >= 0.6 is 0 Å². The van der Waals surface area contributed by atoms with E-state index in [1.54, 1.807) is 0 Å². The SMILES string of the molecule is CCN(CC)C(N)=NCC(C(=O)N1CCOCC1)c1ccccc1. The number of carbonyl (C=O) groups is 1. The molecule has 0 bridgehead atoms. The van der Waals surface area contributed by atoms with Crippen LogP contribution < -0.4 is 5.73 Å². The Morgan fingerprint density at radius 3 is 2.46 bits per heavy atom. The fourth-order valence-corrected chi connectivity index (χ4v) is 2.85. The topological polar surface area (TPSA) is 71.2 Å². The maximum Gasteiger partial charge on any atom is 0.232 e. The van der Waals surface area contributed by atoms with Crippen molar-refractivity contribution in [3.63, 3.8) is 0 Å². The zero-order valence-electron chi connectivity index (χ0n) is 14.6. The standard InChI is InChI=1S/C18H28N4O2/c1-3-21(4-2)18(19)20-14-16(15-8-6-5-7-9-15)17(23)22-10-12-24-13-11-22/h5-9,16H,3-4,10-14H2,1-2H3,(H2,19,20). The van der Waals surface area contributed by atoms with Crippen molar-refractivity contribution in [2.45, 2.75) is 19.8 Å². The van der Waals surface area contributed by atoms with Gasteiger partial charge in [0.15, 0.2) is 5.96 Å². The average molecular weight is 332 g/mol. The number of benzene rings is 1. The van der Waals surface area contributed by atoms with Crippen LogP contribution in [0.25, 0.3) is 0 Å². The van der Waals surface area contributed by atoms with Crippen LogP contribution in [0, 0.1) is 0 Å². The van der Waals surface area contributed by atoms with Crippen LogP contribution in [0.2, 0.25) is 0 Å². The molecule has 132 valence electrons. The van der Waals surface area contributed by atoms with E-state index in [-0.39, 0.29) is 11.8 Å². The van der Waals surface area contributed by atoms with Crippen molar-refractivity contribution in [2.24, 2.45) is 10.7 Å². The highest BCUT2D eigenvalue weighted by Gasteiger charge is 2.27. The highest BCUT2D eigenvalue weighted by Crippen LogP contribution is 2.20. The van der Waals surface area contributed by atoms with Gasteiger partial charge in [0.05, 0.1) is 25.7 Å². The minimum Gasteiger partial charge on any atom is -0.378 e. The summed E-state index contributed by atoms with van der Waals surface area (Å²) >= 11 is 0. The first-order chi connectivity index (χ1) is 11.7. The van der Waals surface area contributed by atoms with Gasteiger partial charge in [-0.2, -0.15) is 0 Å². The number of nitrogens with two attached hydrogens (primary N) is 1. The Balaban J connectivity index is 2.17. The van der Waals surface area contributed by atoms with E-state index in [0.717, 1.165) is 18.7 Å². The zero-order chi connectivity index (χ0) is 17.4. The number of hydrogen-bond donors (Lipinski definition) is 1. The lowest BCUT2D eigenvalue weighted by Crippen LogP contribution is -2.44. The first-order valence-corrected chi connectivity index (χ1v) is 8.63. The zero-order valence-corrected chi connectivity index (χ0v) is 14.6. The Morgan fingerprint density at radius 1 is 1.25 bits per heavy atom. The molecule has 0 aromatic heterocycles. The molecule has 2 rings (SSSR count). The molecule has 1 fully saturated rings. The van der Waals surface area contributed by atoms with Crippen molar-refractivity contribution < 1.29 is 9.53 Å². The molecule has 24 heavy (non-hydrogen) atoms. The number of nitrogens with zero attached hydrogens (tertiary/aromatic N) is 3. The molecule has 1 unspecified atom stereocenters. The molecule has 1 amide bonds. The van der Waals surface area contributed by atoms with Gasteiger partial charge in [-0.05, 0) is 19.4 Å². The van der Waals surface area contributed by atoms with Crippen molar-refractivity contribution in [3.8, 4) is 0 Å². The number of amides is 1. The molecule has 0 saturated carbocycles. The normalized spacial score (nSPS) is 16.8. The third-order valence-electron chi connectivity index (χ3n) is 4.35. The predicted molar refractivity (Wildman–Crippen MR) is 96.0 cm³/mol. The number of morpholine rings is 1. The Kier molecular flexibility index (Phi) is 7.06. The lowest BCUT2D eigenvalue weighted by molar-refractivity contribution is -0.136. The van der Waals surface area contributed by atoms with Crippen molar-refractivity contribution in [1.29, 1.82) is 0 Å². The summed E-state index contributed by atoms with van der Waals surface area (Å²) in [7, 11) is 0. The quantitative estimate of drug-likeness (QED) is 0.629. The molecule has 1 atom stereocenters. The molecule has 1 aliphatic heterocycles. The molecular weight excluding hydrogens is 304 g/mol. The molecule has 2 N–H and O–H groups in total. The van der Waals surface area contributed by atoms with Gasteiger partial charge in [-0.25, -0.2) is 0 Å². The maximum absolute atomic E-state index is 13.0. The lowest BCUT2D eigenvalue weighted by atomic mass is 9.97. The highest BCUT2D eigenvalue weighted by atomic mass is 16.5. The number of hydrogen-bond acceptors (Lipinski definition) is 3. The summed E-state index contributed by atoms with van der Waals surface area (Å²) in [5, 5.41) is 0. The lowest BCUT2D eigenvalue weighted by Gasteiger charge is -2.30. The number of carbonyl (C=O) groups excluding carboxylic acids is 1. The molecule has 1 saturated heterocycles. The number of guanidine groups is 1. The number of aliphatic imine (C=N–C) groups is 1. The third-order valence-corrected chi connectivity index (χ3v) is 4.35. The Labute approximate surface area is 144 Å². The van der Waals surface area contributed by atoms with E-state index in [9.17, 15) is 4.79 Å². The first-order valence-electron chi connectivity index (χ1n) is 8.63. The van der Waals surface area contributed by atoms with Gasteiger partial charge in [-0.15, -0.1) is 0 Å². The van der Waals surface area contributed by atoms with Crippen LogP contribution in [0.4, 0.5) is 0 Å². The van der Waals surface area contributed by atoms with Gasteiger partial charge in [0.2, 0.25) is 5.91 Å². The highest BCUT2D eigenvalue weighted by molar-refractivity contribution is 5.85. The number of rotatable bonds is 6. The van der Waals surface area contributed by atoms with Crippen molar-refractivity contribution in [2.75, 3.05) is 45.9 Å². The van der Waals surface area contributed by atoms with E-state index in [2.05, 4.69) is 4.99 Å². The van der Waals surface area contributed by atoms with Crippen molar-refractivity contribution in [1.82, 2.24) is 9.80 Å². The summed E-state index contributed by atoms with van der Waals surface area (Å²) in [6.45, 7) is 8.52. The Morgan fingerprint density at radius 2 is 1.88 bits per heavy atom. The summed E-state index contributed by atoms with van der Waals surface area (Å²) in [6, 6.07) is 9.81. The van der Waals surface area contributed by atoms with Gasteiger partial charge in [-0.1, -0.05) is 30.3 Å². The molecule has 1 aromatic carbocycles. The van der Waals surface area contributed by atoms with Crippen molar-refractivity contribution in [3.05, 3.63) is 35.9 Å². The van der Waals surface area contributed by atoms with Crippen LogP contribution in [0.15, 0.2) is 35.3 Å². The second-order valence-electron chi connectivity index (χ2n) is 5.77. The van der Waals surface area contributed by atoms with E-state index in [1.165, 1.54) is 0 Å². The van der Waals surface area contributed by atoms with Crippen LogP contribution in [0.1, 0.15) is 25.3 Å². The molecule has 1 heterocycles. The largest absolute Gasteiger partial charge is 0.378 e. The Hall–Kier alpha value is -2.08. The van der Waals surface area contributed by atoms with Gasteiger partial charge in [0, 0.05) is 26.2 Å². The van der Waals surface area contributed by atoms with Gasteiger partial charge in [0.1, 0.15) is 0 Å². The van der Waals surface area contributed by atoms with Gasteiger partial charge < -0.3 is 20.3 Å². The van der Waals surface area contributed by atoms with Crippen LogP contribution in [0.3, 0.4) is 0 Å². The summed E-state index contributed by atoms with van der Waals surface area (Å²) in [4.78, 5) is 21.3. The predicted octanol–water partition coefficient (Wildman–Crippen LogP) is 1.29. The van der Waals surface area contributed by atoms with E-state index in [4.69, 9.17) is 10.5 Å². The van der Waals surface area contributed by atoms with E-state index in [1.807, 2.05) is 54.0 Å². The fourth-order valence-electron chi connectivity index (χ4n) is 2.85. The molecule has 1 aromatic rings. The summed E-state index contributed by atoms with van der Waals surface area (Å²) < 4.78 is 5.35. The minimum absolute atomic E-state index is 0.0978. The molecular formula is C18H28N4O2. The van der Waals surface area contributed by atoms with E-state index in [0.29, 0.717) is 38.8 Å². The molecule has 0 radical (unpaired) electrons. The summed E-state index contributed by atoms with van der Waals surface area (Å²) in [5.41, 5.74) is 7.05. The first kappa shape index (κ1) is 18.3. The second kappa shape index (κ2) is 9.27. The number of ether oxygens (including phenoxy) is 1. The van der Waals surface area contributed by atoms with E-state index < -0.39 is 0 Å². The van der Waals surface area contributed by atoms with E-state index >= 15 is 0 Å². The molecule has 0 spiro atoms. The summed E-state index contributed by atoms with van der Waals surface area (Å²) in [6.07, 6.45) is 0. The Bertz CT molecular complexity index is 537. The van der Waals surface area contributed by atoms with Gasteiger partial charge in [0.25, 0.3) is 0 Å². The smallest absolute Gasteiger partial charge is 0.232 e. The summed E-state index contributed by atoms with van der Waals surface area (Å²) in [5.74, 6) is 0.287. The maximum atomic E-state index is 13.0. The van der Waals surface area contributed by atoms with Crippen LogP contribution in [-0.4, -0.2) is 67.6 Å². The molecule has 0 aliphatic carbocycles. The van der Waals surface area contributed by atoms with Crippen LogP contribution in [-0.2, 0) is 9.53 Å². The van der Waals surface area contributed by atoms with Crippen LogP contribution in [0.5, 0.6) is 0 Å². The second-order valence-corrected chi connectivity index (χ2v) is 5.77. The average Bonchev–Trinajstić information content (AvgIpc) is 2.64. The molecule has 6 heteroatoms. The van der Waals surface area contributed by atoms with Gasteiger partial charge >= 0.3 is 0 Å².